The number of aromatic nitrogens is 2. The standard InChI is InChI=1S/C25H30FIN4/c1-2-14-31(24-11-7-6-10-23(24)26)25(21-8-4-3-5-9-21)12-15-29(16-13-25)17-18-30-20-22(27)19-28-30/h3-11,19-20H,2,12-18H2,1H3. The minimum absolute atomic E-state index is 0.137. The molecule has 1 aliphatic heterocycles. The van der Waals surface area contributed by atoms with Gasteiger partial charge >= 0.3 is 0 Å². The molecule has 31 heavy (non-hydrogen) atoms. The quantitative estimate of drug-likeness (QED) is 0.357. The Kier molecular flexibility index (Phi) is 7.27. The first kappa shape index (κ1) is 22.3. The predicted molar refractivity (Wildman–Crippen MR) is 133 cm³/mol. The van der Waals surface area contributed by atoms with Crippen LogP contribution in [0.15, 0.2) is 67.0 Å². The molecule has 6 heteroatoms. The van der Waals surface area contributed by atoms with Crippen LogP contribution in [0.2, 0.25) is 0 Å². The molecule has 0 atom stereocenters. The number of halogens is 2. The van der Waals surface area contributed by atoms with Gasteiger partial charge in [-0.15, -0.1) is 0 Å². The van der Waals surface area contributed by atoms with Crippen LogP contribution in [0.3, 0.4) is 0 Å². The van der Waals surface area contributed by atoms with Crippen molar-refractivity contribution in [3.8, 4) is 0 Å². The van der Waals surface area contributed by atoms with Gasteiger partial charge < -0.3 is 9.80 Å². The van der Waals surface area contributed by atoms with Crippen molar-refractivity contribution in [2.75, 3.05) is 31.1 Å². The van der Waals surface area contributed by atoms with Gasteiger partial charge in [-0.25, -0.2) is 4.39 Å². The third kappa shape index (κ3) is 4.95. The molecule has 1 aromatic heterocycles. The fraction of sp³-hybridized carbons (Fsp3) is 0.400. The summed E-state index contributed by atoms with van der Waals surface area (Å²) in [6, 6.07) is 17.9. The molecule has 0 bridgehead atoms. The highest BCUT2D eigenvalue weighted by atomic mass is 127. The van der Waals surface area contributed by atoms with Crippen LogP contribution in [0.1, 0.15) is 31.7 Å². The van der Waals surface area contributed by atoms with Crippen molar-refractivity contribution in [3.05, 3.63) is 81.9 Å². The number of likely N-dealkylation sites (tertiary alicyclic amines) is 1. The Morgan fingerprint density at radius 3 is 2.39 bits per heavy atom. The van der Waals surface area contributed by atoms with Crippen molar-refractivity contribution < 1.29 is 4.39 Å². The zero-order valence-electron chi connectivity index (χ0n) is 18.1. The van der Waals surface area contributed by atoms with Crippen molar-refractivity contribution >= 4 is 28.3 Å². The summed E-state index contributed by atoms with van der Waals surface area (Å²) < 4.78 is 18.1. The Morgan fingerprint density at radius 2 is 1.74 bits per heavy atom. The molecule has 0 spiro atoms. The average molecular weight is 532 g/mol. The van der Waals surface area contributed by atoms with Crippen molar-refractivity contribution in [2.24, 2.45) is 0 Å². The van der Waals surface area contributed by atoms with Crippen molar-refractivity contribution in [1.82, 2.24) is 14.7 Å². The van der Waals surface area contributed by atoms with Crippen LogP contribution in [-0.2, 0) is 12.1 Å². The topological polar surface area (TPSA) is 24.3 Å². The summed E-state index contributed by atoms with van der Waals surface area (Å²) >= 11 is 2.30. The predicted octanol–water partition coefficient (Wildman–Crippen LogP) is 5.53. The summed E-state index contributed by atoms with van der Waals surface area (Å²) in [5.41, 5.74) is 1.80. The highest BCUT2D eigenvalue weighted by Gasteiger charge is 2.41. The first-order valence-corrected chi connectivity index (χ1v) is 12.2. The molecule has 3 aromatic rings. The first-order valence-electron chi connectivity index (χ1n) is 11.1. The average Bonchev–Trinajstić information content (AvgIpc) is 3.23. The van der Waals surface area contributed by atoms with Gasteiger partial charge in [0.05, 0.1) is 27.5 Å². The molecular formula is C25H30FIN4. The second kappa shape index (κ2) is 10.1. The molecule has 2 heterocycles. The smallest absolute Gasteiger partial charge is 0.146 e. The van der Waals surface area contributed by atoms with Crippen molar-refractivity contribution in [1.29, 1.82) is 0 Å². The van der Waals surface area contributed by atoms with Crippen LogP contribution < -0.4 is 4.90 Å². The Hall–Kier alpha value is -1.93. The minimum atomic E-state index is -0.197. The van der Waals surface area contributed by atoms with E-state index < -0.39 is 0 Å². The fourth-order valence-electron chi connectivity index (χ4n) is 4.77. The van der Waals surface area contributed by atoms with Crippen molar-refractivity contribution in [2.45, 2.75) is 38.3 Å². The highest BCUT2D eigenvalue weighted by molar-refractivity contribution is 14.1. The van der Waals surface area contributed by atoms with E-state index in [1.165, 1.54) is 9.13 Å². The van der Waals surface area contributed by atoms with Gasteiger partial charge in [0, 0.05) is 32.4 Å². The van der Waals surface area contributed by atoms with Crippen LogP contribution in [0.25, 0.3) is 0 Å². The first-order chi connectivity index (χ1) is 15.1. The third-order valence-electron chi connectivity index (χ3n) is 6.35. The van der Waals surface area contributed by atoms with Gasteiger partial charge in [0.25, 0.3) is 0 Å². The number of benzene rings is 2. The molecule has 0 aliphatic carbocycles. The van der Waals surface area contributed by atoms with Gasteiger partial charge in [-0.2, -0.15) is 5.10 Å². The largest absolute Gasteiger partial charge is 0.359 e. The zero-order chi connectivity index (χ0) is 21.7. The summed E-state index contributed by atoms with van der Waals surface area (Å²) in [5.74, 6) is -0.137. The molecule has 0 unspecified atom stereocenters. The van der Waals surface area contributed by atoms with Crippen molar-refractivity contribution in [3.63, 3.8) is 0 Å². The molecule has 0 N–H and O–H groups in total. The monoisotopic (exact) mass is 532 g/mol. The van der Waals surface area contributed by atoms with Gasteiger partial charge in [0.1, 0.15) is 5.82 Å². The second-order valence-corrected chi connectivity index (χ2v) is 9.51. The maximum Gasteiger partial charge on any atom is 0.146 e. The molecule has 1 fully saturated rings. The highest BCUT2D eigenvalue weighted by Crippen LogP contribution is 2.42. The summed E-state index contributed by atoms with van der Waals surface area (Å²) in [5, 5.41) is 4.41. The maximum atomic E-state index is 14.9. The lowest BCUT2D eigenvalue weighted by Gasteiger charge is -2.50. The Labute approximate surface area is 198 Å². The SMILES string of the molecule is CCCN(c1ccccc1F)C1(c2ccccc2)CCN(CCn2cc(I)cn2)CC1. The zero-order valence-corrected chi connectivity index (χ0v) is 20.2. The number of anilines is 1. The molecule has 4 rings (SSSR count). The van der Waals surface area contributed by atoms with Gasteiger partial charge in [-0.05, 0) is 59.5 Å². The van der Waals surface area contributed by atoms with Crippen LogP contribution in [0.4, 0.5) is 10.1 Å². The molecule has 0 radical (unpaired) electrons. The normalized spacial score (nSPS) is 16.4. The molecular weight excluding hydrogens is 502 g/mol. The van der Waals surface area contributed by atoms with E-state index in [1.807, 2.05) is 23.0 Å². The number of hydrogen-bond donors (Lipinski definition) is 0. The van der Waals surface area contributed by atoms with E-state index in [9.17, 15) is 4.39 Å². The molecule has 1 aliphatic rings. The lowest BCUT2D eigenvalue weighted by Crippen LogP contribution is -2.54. The van der Waals surface area contributed by atoms with Crippen LogP contribution >= 0.6 is 22.6 Å². The maximum absolute atomic E-state index is 14.9. The van der Waals surface area contributed by atoms with Gasteiger partial charge in [-0.3, -0.25) is 4.68 Å². The molecule has 0 amide bonds. The van der Waals surface area contributed by atoms with E-state index >= 15 is 0 Å². The van der Waals surface area contributed by atoms with E-state index in [0.29, 0.717) is 5.69 Å². The number of para-hydroxylation sites is 1. The lowest BCUT2D eigenvalue weighted by molar-refractivity contribution is 0.148. The number of piperidine rings is 1. The molecule has 0 saturated carbocycles. The van der Waals surface area contributed by atoms with Crippen LogP contribution in [0, 0.1) is 9.39 Å². The minimum Gasteiger partial charge on any atom is -0.359 e. The summed E-state index contributed by atoms with van der Waals surface area (Å²) in [7, 11) is 0. The second-order valence-electron chi connectivity index (χ2n) is 8.26. The summed E-state index contributed by atoms with van der Waals surface area (Å²) in [4.78, 5) is 4.85. The van der Waals surface area contributed by atoms with E-state index in [4.69, 9.17) is 0 Å². The fourth-order valence-corrected chi connectivity index (χ4v) is 5.22. The molecule has 164 valence electrons. The summed E-state index contributed by atoms with van der Waals surface area (Å²) in [6.07, 6.45) is 6.91. The van der Waals surface area contributed by atoms with E-state index in [2.05, 4.69) is 80.9 Å². The lowest BCUT2D eigenvalue weighted by atomic mass is 9.78. The number of nitrogens with zero attached hydrogens (tertiary/aromatic N) is 4. The third-order valence-corrected chi connectivity index (χ3v) is 6.91. The Morgan fingerprint density at radius 1 is 1.03 bits per heavy atom. The summed E-state index contributed by atoms with van der Waals surface area (Å²) in [6.45, 7) is 6.86. The van der Waals surface area contributed by atoms with Crippen LogP contribution in [0.5, 0.6) is 0 Å². The number of rotatable bonds is 8. The number of hydrogen-bond acceptors (Lipinski definition) is 3. The molecule has 4 nitrogen and oxygen atoms in total. The van der Waals surface area contributed by atoms with E-state index in [-0.39, 0.29) is 11.4 Å². The Bertz CT molecular complexity index is 966. The molecule has 1 saturated heterocycles. The van der Waals surface area contributed by atoms with Gasteiger partial charge in [-0.1, -0.05) is 49.4 Å². The van der Waals surface area contributed by atoms with E-state index in [1.54, 1.807) is 12.1 Å². The Balaban J connectivity index is 1.59. The van der Waals surface area contributed by atoms with Gasteiger partial charge in [0.15, 0.2) is 0 Å². The van der Waals surface area contributed by atoms with E-state index in [0.717, 1.165) is 52.0 Å². The molecule has 2 aromatic carbocycles. The van der Waals surface area contributed by atoms with Crippen LogP contribution in [-0.4, -0.2) is 40.9 Å². The van der Waals surface area contributed by atoms with Gasteiger partial charge in [0.2, 0.25) is 0 Å².